The van der Waals surface area contributed by atoms with Gasteiger partial charge in [-0.05, 0) is 37.4 Å². The highest BCUT2D eigenvalue weighted by molar-refractivity contribution is 5.93. The maximum Gasteiger partial charge on any atom is 0.326 e. The predicted molar refractivity (Wildman–Crippen MR) is 124 cm³/mol. The maximum atomic E-state index is 12.5. The van der Waals surface area contributed by atoms with Gasteiger partial charge in [0.05, 0.1) is 13.2 Å². The largest absolute Gasteiger partial charge is 0.480 e. The molecule has 34 heavy (non-hydrogen) atoms. The SMILES string of the molecule is NCCCC[C@H](NC(=O)[C@@H](N)CO)C(=O)NCC(=O)N[C@@H](Cc1c[nH]c2ccccc12)C(=O)O. The summed E-state index contributed by atoms with van der Waals surface area (Å²) in [5.74, 6) is -3.24. The molecule has 0 bridgehead atoms. The minimum atomic E-state index is -1.21. The second-order valence-corrected chi connectivity index (χ2v) is 7.87. The number of H-pyrrole nitrogens is 1. The second kappa shape index (κ2) is 13.3. The summed E-state index contributed by atoms with van der Waals surface area (Å²) in [6.07, 6.45) is 3.17. The Bertz CT molecular complexity index is 993. The molecule has 3 atom stereocenters. The second-order valence-electron chi connectivity index (χ2n) is 7.87. The molecule has 0 aliphatic rings. The molecule has 0 saturated heterocycles. The molecule has 3 amide bonds. The number of aliphatic hydroxyl groups excluding tert-OH is 1. The van der Waals surface area contributed by atoms with Crippen LogP contribution in [0.25, 0.3) is 10.9 Å². The number of carbonyl (C=O) groups excluding carboxylic acids is 3. The van der Waals surface area contributed by atoms with Crippen LogP contribution in [-0.2, 0) is 25.6 Å². The minimum Gasteiger partial charge on any atom is -0.480 e. The van der Waals surface area contributed by atoms with Crippen LogP contribution in [0.4, 0.5) is 0 Å². The van der Waals surface area contributed by atoms with Crippen molar-refractivity contribution in [3.05, 3.63) is 36.0 Å². The number of hydrogen-bond acceptors (Lipinski definition) is 7. The Labute approximate surface area is 196 Å². The fraction of sp³-hybridized carbons (Fsp3) is 0.455. The fourth-order valence-corrected chi connectivity index (χ4v) is 3.38. The number of nitrogens with two attached hydrogens (primary N) is 2. The van der Waals surface area contributed by atoms with E-state index in [0.29, 0.717) is 19.4 Å². The number of aliphatic hydroxyl groups is 1. The molecule has 0 spiro atoms. The zero-order chi connectivity index (χ0) is 25.1. The topological polar surface area (TPSA) is 213 Å². The zero-order valence-electron chi connectivity index (χ0n) is 18.8. The van der Waals surface area contributed by atoms with Gasteiger partial charge in [-0.2, -0.15) is 0 Å². The quantitative estimate of drug-likeness (QED) is 0.147. The predicted octanol–water partition coefficient (Wildman–Crippen LogP) is -1.67. The molecule has 2 aromatic rings. The molecule has 0 saturated carbocycles. The Morgan fingerprint density at radius 2 is 1.76 bits per heavy atom. The fourth-order valence-electron chi connectivity index (χ4n) is 3.38. The number of benzene rings is 1. The Morgan fingerprint density at radius 1 is 1.03 bits per heavy atom. The number of para-hydroxylation sites is 1. The van der Waals surface area contributed by atoms with Crippen molar-refractivity contribution in [3.63, 3.8) is 0 Å². The van der Waals surface area contributed by atoms with Gasteiger partial charge in [0.2, 0.25) is 17.7 Å². The van der Waals surface area contributed by atoms with E-state index >= 15 is 0 Å². The highest BCUT2D eigenvalue weighted by Gasteiger charge is 2.25. The van der Waals surface area contributed by atoms with Gasteiger partial charge in [0.15, 0.2) is 0 Å². The van der Waals surface area contributed by atoms with Crippen molar-refractivity contribution < 1.29 is 29.4 Å². The summed E-state index contributed by atoms with van der Waals surface area (Å²) in [6, 6.07) is 4.03. The van der Waals surface area contributed by atoms with Crippen molar-refractivity contribution >= 4 is 34.6 Å². The van der Waals surface area contributed by atoms with E-state index in [1.807, 2.05) is 24.3 Å². The molecule has 0 aliphatic heterocycles. The number of aromatic nitrogens is 1. The number of aliphatic carboxylic acids is 1. The van der Waals surface area contributed by atoms with Gasteiger partial charge >= 0.3 is 5.97 Å². The Hall–Kier alpha value is -3.48. The highest BCUT2D eigenvalue weighted by atomic mass is 16.4. The van der Waals surface area contributed by atoms with Crippen LogP contribution in [0.5, 0.6) is 0 Å². The van der Waals surface area contributed by atoms with Crippen molar-refractivity contribution in [1.29, 1.82) is 0 Å². The van der Waals surface area contributed by atoms with E-state index in [1.54, 1.807) is 6.20 Å². The minimum absolute atomic E-state index is 0.0514. The van der Waals surface area contributed by atoms with Crippen molar-refractivity contribution in [1.82, 2.24) is 20.9 Å². The molecule has 10 N–H and O–H groups in total. The number of carbonyl (C=O) groups is 4. The van der Waals surface area contributed by atoms with Crippen LogP contribution in [0.15, 0.2) is 30.5 Å². The number of fused-ring (bicyclic) bond motifs is 1. The van der Waals surface area contributed by atoms with Gasteiger partial charge in [-0.15, -0.1) is 0 Å². The molecular formula is C22H32N6O6. The number of carboxylic acid groups (broad SMARTS) is 1. The first-order valence-corrected chi connectivity index (χ1v) is 11.0. The molecule has 1 aromatic heterocycles. The lowest BCUT2D eigenvalue weighted by molar-refractivity contribution is -0.141. The molecule has 0 unspecified atom stereocenters. The van der Waals surface area contributed by atoms with Gasteiger partial charge in [0.1, 0.15) is 18.1 Å². The van der Waals surface area contributed by atoms with Crippen LogP contribution in [0.2, 0.25) is 0 Å². The number of hydrogen-bond donors (Lipinski definition) is 8. The van der Waals surface area contributed by atoms with E-state index in [9.17, 15) is 24.3 Å². The number of rotatable bonds is 14. The van der Waals surface area contributed by atoms with E-state index < -0.39 is 55.0 Å². The van der Waals surface area contributed by atoms with Crippen LogP contribution in [0.3, 0.4) is 0 Å². The lowest BCUT2D eigenvalue weighted by atomic mass is 10.0. The number of unbranched alkanes of at least 4 members (excludes halogenated alkanes) is 1. The molecule has 12 heteroatoms. The van der Waals surface area contributed by atoms with Crippen LogP contribution in [-0.4, -0.2) is 76.7 Å². The van der Waals surface area contributed by atoms with E-state index in [4.69, 9.17) is 16.6 Å². The molecule has 1 heterocycles. The van der Waals surface area contributed by atoms with Crippen LogP contribution in [0.1, 0.15) is 24.8 Å². The number of carboxylic acids is 1. The molecule has 0 fully saturated rings. The smallest absolute Gasteiger partial charge is 0.326 e. The molecule has 0 aliphatic carbocycles. The van der Waals surface area contributed by atoms with E-state index in [1.165, 1.54) is 0 Å². The third-order valence-electron chi connectivity index (χ3n) is 5.27. The maximum absolute atomic E-state index is 12.5. The van der Waals surface area contributed by atoms with Crippen LogP contribution >= 0.6 is 0 Å². The zero-order valence-corrected chi connectivity index (χ0v) is 18.8. The first kappa shape index (κ1) is 26.8. The third-order valence-corrected chi connectivity index (χ3v) is 5.27. The summed E-state index contributed by atoms with van der Waals surface area (Å²) in [5, 5.41) is 26.7. The summed E-state index contributed by atoms with van der Waals surface area (Å²) in [6.45, 7) is -0.655. The van der Waals surface area contributed by atoms with E-state index in [0.717, 1.165) is 16.5 Å². The summed E-state index contributed by atoms with van der Waals surface area (Å²) >= 11 is 0. The molecule has 1 aromatic carbocycles. The Kier molecular flexibility index (Phi) is 10.5. The Balaban J connectivity index is 1.95. The van der Waals surface area contributed by atoms with Crippen molar-refractivity contribution in [3.8, 4) is 0 Å². The summed E-state index contributed by atoms with van der Waals surface area (Å²) in [5.41, 5.74) is 12.5. The normalized spacial score (nSPS) is 13.6. The summed E-state index contributed by atoms with van der Waals surface area (Å²) in [7, 11) is 0. The highest BCUT2D eigenvalue weighted by Crippen LogP contribution is 2.19. The van der Waals surface area contributed by atoms with Crippen molar-refractivity contribution in [2.24, 2.45) is 11.5 Å². The monoisotopic (exact) mass is 476 g/mol. The van der Waals surface area contributed by atoms with Gasteiger partial charge in [0, 0.05) is 23.5 Å². The van der Waals surface area contributed by atoms with Crippen LogP contribution in [0, 0.1) is 0 Å². The molecule has 186 valence electrons. The van der Waals surface area contributed by atoms with Gasteiger partial charge in [-0.25, -0.2) is 4.79 Å². The summed E-state index contributed by atoms with van der Waals surface area (Å²) in [4.78, 5) is 51.6. The van der Waals surface area contributed by atoms with Gasteiger partial charge in [-0.1, -0.05) is 18.2 Å². The standard InChI is InChI=1S/C22H32N6O6/c23-8-4-3-7-17(28-20(31)15(24)12-29)21(32)26-11-19(30)27-18(22(33)34)9-13-10-25-16-6-2-1-5-14(13)16/h1-2,5-6,10,15,17-18,25,29H,3-4,7-9,11-12,23-24H2,(H,26,32)(H,27,30)(H,28,31)(H,33,34)/t15-,17-,18-/m0/s1. The Morgan fingerprint density at radius 3 is 2.44 bits per heavy atom. The molecule has 0 radical (unpaired) electrons. The van der Waals surface area contributed by atoms with E-state index in [2.05, 4.69) is 20.9 Å². The molecule has 12 nitrogen and oxygen atoms in total. The average molecular weight is 477 g/mol. The van der Waals surface area contributed by atoms with E-state index in [-0.39, 0.29) is 12.8 Å². The number of aromatic amines is 1. The summed E-state index contributed by atoms with van der Waals surface area (Å²) < 4.78 is 0. The van der Waals surface area contributed by atoms with Crippen molar-refractivity contribution in [2.75, 3.05) is 19.7 Å². The molecule has 2 rings (SSSR count). The number of amides is 3. The van der Waals surface area contributed by atoms with Gasteiger partial charge in [-0.3, -0.25) is 14.4 Å². The van der Waals surface area contributed by atoms with Crippen LogP contribution < -0.4 is 27.4 Å². The van der Waals surface area contributed by atoms with Gasteiger partial charge < -0.3 is 42.6 Å². The van der Waals surface area contributed by atoms with Crippen molar-refractivity contribution in [2.45, 2.75) is 43.8 Å². The lowest BCUT2D eigenvalue weighted by Gasteiger charge is -2.20. The third kappa shape index (κ3) is 7.83. The average Bonchev–Trinajstić information content (AvgIpc) is 3.23. The van der Waals surface area contributed by atoms with Gasteiger partial charge in [0.25, 0.3) is 0 Å². The number of nitrogens with one attached hydrogen (secondary N) is 4. The lowest BCUT2D eigenvalue weighted by Crippen LogP contribution is -2.54. The first-order chi connectivity index (χ1) is 16.3. The first-order valence-electron chi connectivity index (χ1n) is 11.0. The molecular weight excluding hydrogens is 444 g/mol.